The number of ether oxygens (including phenoxy) is 1. The Balaban J connectivity index is 1.80. The van der Waals surface area contributed by atoms with Crippen LogP contribution in [0.25, 0.3) is 22.8 Å². The van der Waals surface area contributed by atoms with Crippen LogP contribution in [0.1, 0.15) is 12.8 Å². The summed E-state index contributed by atoms with van der Waals surface area (Å²) in [5.74, 6) is 1.53. The molecule has 0 aromatic carbocycles. The highest BCUT2D eigenvalue weighted by molar-refractivity contribution is 5.83. The molecule has 1 aliphatic rings. The van der Waals surface area contributed by atoms with Crippen molar-refractivity contribution < 1.29 is 4.74 Å². The summed E-state index contributed by atoms with van der Waals surface area (Å²) in [4.78, 5) is 30.8. The third kappa shape index (κ3) is 2.48. The molecule has 0 amide bonds. The molecule has 9 nitrogen and oxygen atoms in total. The van der Waals surface area contributed by atoms with Gasteiger partial charge < -0.3 is 20.4 Å². The molecule has 0 saturated carbocycles. The topological polar surface area (TPSA) is 128 Å². The van der Waals surface area contributed by atoms with E-state index in [9.17, 15) is 4.79 Å². The molecule has 0 radical (unpaired) electrons. The number of aromatic amines is 2. The zero-order valence-electron chi connectivity index (χ0n) is 12.5. The van der Waals surface area contributed by atoms with Crippen molar-refractivity contribution in [3.8, 4) is 11.6 Å². The van der Waals surface area contributed by atoms with E-state index in [1.165, 1.54) is 0 Å². The molecule has 0 atom stereocenters. The number of imidazole rings is 2. The maximum absolute atomic E-state index is 12.3. The Morgan fingerprint density at radius 2 is 2.17 bits per heavy atom. The minimum absolute atomic E-state index is 0.218. The van der Waals surface area contributed by atoms with Crippen LogP contribution >= 0.6 is 0 Å². The number of rotatable bonds is 3. The highest BCUT2D eigenvalue weighted by Gasteiger charge is 2.20. The van der Waals surface area contributed by atoms with E-state index in [1.54, 1.807) is 17.0 Å². The summed E-state index contributed by atoms with van der Waals surface area (Å²) in [5.41, 5.74) is 6.75. The van der Waals surface area contributed by atoms with E-state index < -0.39 is 0 Å². The van der Waals surface area contributed by atoms with Gasteiger partial charge in [-0.1, -0.05) is 0 Å². The van der Waals surface area contributed by atoms with Crippen molar-refractivity contribution in [2.45, 2.75) is 19.4 Å². The fourth-order valence-electron chi connectivity index (χ4n) is 2.90. The summed E-state index contributed by atoms with van der Waals surface area (Å²) >= 11 is 0. The van der Waals surface area contributed by atoms with Gasteiger partial charge in [-0.25, -0.2) is 19.7 Å². The predicted molar refractivity (Wildman–Crippen MR) is 83.7 cm³/mol. The van der Waals surface area contributed by atoms with Gasteiger partial charge in [-0.15, -0.1) is 0 Å². The normalized spacial score (nSPS) is 16.2. The maximum atomic E-state index is 12.3. The van der Waals surface area contributed by atoms with Gasteiger partial charge >= 0.3 is 5.69 Å². The van der Waals surface area contributed by atoms with E-state index in [2.05, 4.69) is 24.9 Å². The summed E-state index contributed by atoms with van der Waals surface area (Å²) in [6.45, 7) is 2.06. The second-order valence-electron chi connectivity index (χ2n) is 5.67. The lowest BCUT2D eigenvalue weighted by Gasteiger charge is -2.22. The molecular formula is C14H17N7O2. The monoisotopic (exact) mass is 315 g/mol. The number of H-pyrrole nitrogens is 2. The molecule has 23 heavy (non-hydrogen) atoms. The minimum atomic E-state index is -0.218. The Hall–Kier alpha value is -2.68. The van der Waals surface area contributed by atoms with E-state index in [-0.39, 0.29) is 11.5 Å². The summed E-state index contributed by atoms with van der Waals surface area (Å²) in [6, 6.07) is 0. The number of fused-ring (bicyclic) bond motifs is 1. The Morgan fingerprint density at radius 1 is 1.35 bits per heavy atom. The van der Waals surface area contributed by atoms with Gasteiger partial charge in [-0.2, -0.15) is 0 Å². The van der Waals surface area contributed by atoms with Crippen molar-refractivity contribution in [2.24, 2.45) is 5.92 Å². The third-order valence-electron chi connectivity index (χ3n) is 4.14. The van der Waals surface area contributed by atoms with Crippen LogP contribution in [0.2, 0.25) is 0 Å². The van der Waals surface area contributed by atoms with E-state index in [0.717, 1.165) is 26.1 Å². The quantitative estimate of drug-likeness (QED) is 0.646. The average Bonchev–Trinajstić information content (AvgIpc) is 3.19. The molecule has 1 fully saturated rings. The average molecular weight is 315 g/mol. The number of anilines is 1. The molecule has 4 N–H and O–H groups in total. The predicted octanol–water partition coefficient (Wildman–Crippen LogP) is 0.518. The lowest BCUT2D eigenvalue weighted by Crippen LogP contribution is -2.26. The van der Waals surface area contributed by atoms with Crippen LogP contribution in [0.3, 0.4) is 0 Å². The molecule has 3 aromatic heterocycles. The fourth-order valence-corrected chi connectivity index (χ4v) is 2.90. The standard InChI is InChI=1S/C14H17N7O2/c15-10-9-13(20-12(19-10)11-16-3-4-17-11)21(14(22)18-9)7-8-1-5-23-6-2-8/h3-4,8H,1-2,5-7H2,(H,16,17)(H,18,22)(H2,15,19,20). The highest BCUT2D eigenvalue weighted by atomic mass is 16.5. The smallest absolute Gasteiger partial charge is 0.327 e. The van der Waals surface area contributed by atoms with Crippen molar-refractivity contribution in [3.05, 3.63) is 22.9 Å². The number of nitrogens with one attached hydrogen (secondary N) is 2. The van der Waals surface area contributed by atoms with Crippen LogP contribution in [0.5, 0.6) is 0 Å². The Labute approximate surface area is 130 Å². The zero-order chi connectivity index (χ0) is 15.8. The number of nitrogens with two attached hydrogens (primary N) is 1. The van der Waals surface area contributed by atoms with Crippen molar-refractivity contribution >= 4 is 17.0 Å². The van der Waals surface area contributed by atoms with Gasteiger partial charge in [-0.05, 0) is 18.8 Å². The van der Waals surface area contributed by atoms with Gasteiger partial charge in [0.15, 0.2) is 23.1 Å². The van der Waals surface area contributed by atoms with Gasteiger partial charge in [0.2, 0.25) is 0 Å². The maximum Gasteiger partial charge on any atom is 0.327 e. The first-order valence-corrected chi connectivity index (χ1v) is 7.56. The molecule has 0 spiro atoms. The summed E-state index contributed by atoms with van der Waals surface area (Å²) in [5, 5.41) is 0. The van der Waals surface area contributed by atoms with Crippen LogP contribution in [0.4, 0.5) is 5.82 Å². The molecule has 1 aliphatic heterocycles. The third-order valence-corrected chi connectivity index (χ3v) is 4.14. The largest absolute Gasteiger partial charge is 0.382 e. The summed E-state index contributed by atoms with van der Waals surface area (Å²) < 4.78 is 7.01. The van der Waals surface area contributed by atoms with Crippen LogP contribution in [-0.4, -0.2) is 42.7 Å². The zero-order valence-corrected chi connectivity index (χ0v) is 12.5. The van der Waals surface area contributed by atoms with E-state index in [1.807, 2.05) is 0 Å². The molecular weight excluding hydrogens is 298 g/mol. The van der Waals surface area contributed by atoms with E-state index >= 15 is 0 Å². The van der Waals surface area contributed by atoms with Crippen LogP contribution < -0.4 is 11.4 Å². The van der Waals surface area contributed by atoms with Crippen molar-refractivity contribution in [1.82, 2.24) is 29.5 Å². The van der Waals surface area contributed by atoms with Crippen LogP contribution in [0.15, 0.2) is 17.2 Å². The van der Waals surface area contributed by atoms with E-state index in [4.69, 9.17) is 10.5 Å². The van der Waals surface area contributed by atoms with Crippen LogP contribution in [-0.2, 0) is 11.3 Å². The van der Waals surface area contributed by atoms with Gasteiger partial charge in [0.25, 0.3) is 0 Å². The number of hydrogen-bond donors (Lipinski definition) is 3. The summed E-state index contributed by atoms with van der Waals surface area (Å²) in [6.07, 6.45) is 5.17. The molecule has 1 saturated heterocycles. The molecule has 120 valence electrons. The molecule has 4 rings (SSSR count). The number of hydrogen-bond acceptors (Lipinski definition) is 6. The lowest BCUT2D eigenvalue weighted by atomic mass is 10.0. The molecule has 0 unspecified atom stereocenters. The molecule has 4 heterocycles. The van der Waals surface area contributed by atoms with Crippen molar-refractivity contribution in [3.63, 3.8) is 0 Å². The first kappa shape index (κ1) is 13.9. The fraction of sp³-hybridized carbons (Fsp3) is 0.429. The second kappa shape index (κ2) is 5.51. The minimum Gasteiger partial charge on any atom is -0.382 e. The van der Waals surface area contributed by atoms with Gasteiger partial charge in [0.1, 0.15) is 5.52 Å². The summed E-state index contributed by atoms with van der Waals surface area (Å²) in [7, 11) is 0. The first-order valence-electron chi connectivity index (χ1n) is 7.56. The Morgan fingerprint density at radius 3 is 2.91 bits per heavy atom. The highest BCUT2D eigenvalue weighted by Crippen LogP contribution is 2.22. The van der Waals surface area contributed by atoms with Gasteiger partial charge in [0.05, 0.1) is 0 Å². The number of nitrogen functional groups attached to an aromatic ring is 1. The van der Waals surface area contributed by atoms with Crippen molar-refractivity contribution in [2.75, 3.05) is 18.9 Å². The van der Waals surface area contributed by atoms with Crippen LogP contribution in [0, 0.1) is 5.92 Å². The second-order valence-corrected chi connectivity index (χ2v) is 5.67. The molecule has 0 bridgehead atoms. The number of aromatic nitrogens is 6. The Kier molecular flexibility index (Phi) is 3.34. The lowest BCUT2D eigenvalue weighted by molar-refractivity contribution is 0.0613. The van der Waals surface area contributed by atoms with E-state index in [0.29, 0.717) is 35.3 Å². The SMILES string of the molecule is Nc1nc(-c2ncc[nH]2)nc2c1[nH]c(=O)n2CC1CCOCC1. The molecule has 0 aliphatic carbocycles. The molecule has 9 heteroatoms. The van der Waals surface area contributed by atoms with Crippen molar-refractivity contribution in [1.29, 1.82) is 0 Å². The molecule has 3 aromatic rings. The van der Waals surface area contributed by atoms with Gasteiger partial charge in [-0.3, -0.25) is 4.57 Å². The Bertz CT molecular complexity index is 875. The first-order chi connectivity index (χ1) is 11.2. The van der Waals surface area contributed by atoms with Gasteiger partial charge in [0, 0.05) is 32.2 Å². The number of nitrogens with zero attached hydrogens (tertiary/aromatic N) is 4.